The normalized spacial score (nSPS) is 13.6. The van der Waals surface area contributed by atoms with Gasteiger partial charge in [-0.2, -0.15) is 11.3 Å². The maximum atomic E-state index is 12.5. The van der Waals surface area contributed by atoms with Crippen LogP contribution < -0.4 is 0 Å². The van der Waals surface area contributed by atoms with Crippen molar-refractivity contribution in [2.24, 2.45) is 0 Å². The minimum absolute atomic E-state index is 0.00623. The summed E-state index contributed by atoms with van der Waals surface area (Å²) >= 11 is 3.06. The van der Waals surface area contributed by atoms with Crippen molar-refractivity contribution in [3.05, 3.63) is 63.3 Å². The van der Waals surface area contributed by atoms with Gasteiger partial charge in [0, 0.05) is 21.9 Å². The van der Waals surface area contributed by atoms with Gasteiger partial charge in [-0.1, -0.05) is 18.2 Å². The molecular weight excluding hydrogens is 384 g/mol. The fourth-order valence-corrected chi connectivity index (χ4v) is 4.30. The van der Waals surface area contributed by atoms with Crippen LogP contribution in [0.25, 0.3) is 10.6 Å². The molecule has 2 amide bonds. The zero-order valence-corrected chi connectivity index (χ0v) is 15.7. The monoisotopic (exact) mass is 398 g/mol. The lowest BCUT2D eigenvalue weighted by Gasteiger charge is -2.25. The van der Waals surface area contributed by atoms with E-state index in [1.165, 1.54) is 11.3 Å². The van der Waals surface area contributed by atoms with Gasteiger partial charge in [0.05, 0.1) is 12.1 Å². The summed E-state index contributed by atoms with van der Waals surface area (Å²) in [4.78, 5) is 42.2. The molecular formula is C19H14N2O4S2. The van der Waals surface area contributed by atoms with Crippen LogP contribution in [0.2, 0.25) is 0 Å². The van der Waals surface area contributed by atoms with Crippen molar-refractivity contribution in [3.63, 3.8) is 0 Å². The second-order valence-corrected chi connectivity index (χ2v) is 7.57. The molecule has 0 saturated carbocycles. The van der Waals surface area contributed by atoms with Gasteiger partial charge in [0.15, 0.2) is 0 Å². The Morgan fingerprint density at radius 3 is 2.85 bits per heavy atom. The summed E-state index contributed by atoms with van der Waals surface area (Å²) in [5.74, 6) is -1.50. The SMILES string of the molecule is O=C(CN1C(=O)Cc2ccccc2C1=O)OCc1csc(-c2ccsc2)n1. The number of hydrogen-bond acceptors (Lipinski definition) is 7. The van der Waals surface area contributed by atoms with Crippen LogP contribution in [0.15, 0.2) is 46.5 Å². The van der Waals surface area contributed by atoms with Gasteiger partial charge >= 0.3 is 5.97 Å². The Kier molecular flexibility index (Phi) is 4.83. The third kappa shape index (κ3) is 3.67. The number of esters is 1. The molecule has 1 aromatic carbocycles. The first-order valence-electron chi connectivity index (χ1n) is 8.17. The molecule has 0 spiro atoms. The highest BCUT2D eigenvalue weighted by molar-refractivity contribution is 7.14. The van der Waals surface area contributed by atoms with Gasteiger partial charge in [0.2, 0.25) is 5.91 Å². The van der Waals surface area contributed by atoms with Crippen LogP contribution in [0.3, 0.4) is 0 Å². The van der Waals surface area contributed by atoms with Crippen molar-refractivity contribution in [1.29, 1.82) is 0 Å². The van der Waals surface area contributed by atoms with Crippen molar-refractivity contribution in [2.75, 3.05) is 6.54 Å². The number of rotatable bonds is 5. The predicted octanol–water partition coefficient (Wildman–Crippen LogP) is 3.14. The number of carbonyl (C=O) groups excluding carboxylic acids is 3. The van der Waals surface area contributed by atoms with Crippen LogP contribution >= 0.6 is 22.7 Å². The zero-order valence-electron chi connectivity index (χ0n) is 14.1. The molecule has 1 aliphatic rings. The molecule has 0 fully saturated rings. The molecule has 6 nitrogen and oxygen atoms in total. The summed E-state index contributed by atoms with van der Waals surface area (Å²) in [6, 6.07) is 8.89. The quantitative estimate of drug-likeness (QED) is 0.487. The Morgan fingerprint density at radius 1 is 1.19 bits per heavy atom. The van der Waals surface area contributed by atoms with Crippen LogP contribution in [0.1, 0.15) is 21.6 Å². The molecule has 136 valence electrons. The smallest absolute Gasteiger partial charge is 0.326 e. The van der Waals surface area contributed by atoms with Crippen molar-refractivity contribution >= 4 is 40.5 Å². The minimum atomic E-state index is -0.638. The third-order valence-corrected chi connectivity index (χ3v) is 5.75. The van der Waals surface area contributed by atoms with E-state index in [0.717, 1.165) is 15.5 Å². The standard InChI is InChI=1S/C19H14N2O4S2/c22-16-7-12-3-1-2-4-15(12)19(24)21(16)8-17(23)25-9-14-11-27-18(20-14)13-5-6-26-10-13/h1-6,10-11H,7-9H2. The molecule has 0 radical (unpaired) electrons. The minimum Gasteiger partial charge on any atom is -0.458 e. The fraction of sp³-hybridized carbons (Fsp3) is 0.158. The molecule has 8 heteroatoms. The van der Waals surface area contributed by atoms with Crippen LogP contribution in [-0.4, -0.2) is 34.2 Å². The van der Waals surface area contributed by atoms with E-state index in [-0.39, 0.29) is 13.0 Å². The van der Waals surface area contributed by atoms with E-state index in [2.05, 4.69) is 4.98 Å². The maximum Gasteiger partial charge on any atom is 0.326 e. The van der Waals surface area contributed by atoms with E-state index in [1.54, 1.807) is 35.6 Å². The third-order valence-electron chi connectivity index (χ3n) is 4.12. The second kappa shape index (κ2) is 7.42. The van der Waals surface area contributed by atoms with Gasteiger partial charge in [-0.15, -0.1) is 11.3 Å². The van der Waals surface area contributed by atoms with Crippen molar-refractivity contribution in [2.45, 2.75) is 13.0 Å². The fourth-order valence-electron chi connectivity index (χ4n) is 2.78. The zero-order chi connectivity index (χ0) is 18.8. The molecule has 27 heavy (non-hydrogen) atoms. The Hall–Kier alpha value is -2.84. The van der Waals surface area contributed by atoms with E-state index < -0.39 is 24.3 Å². The predicted molar refractivity (Wildman–Crippen MR) is 101 cm³/mol. The molecule has 0 aliphatic carbocycles. The Labute approximate surface area is 163 Å². The number of thiophene rings is 1. The van der Waals surface area contributed by atoms with E-state index in [4.69, 9.17) is 4.74 Å². The number of benzene rings is 1. The largest absolute Gasteiger partial charge is 0.458 e. The molecule has 0 atom stereocenters. The van der Waals surface area contributed by atoms with E-state index in [9.17, 15) is 14.4 Å². The summed E-state index contributed by atoms with van der Waals surface area (Å²) < 4.78 is 5.21. The number of nitrogens with zero attached hydrogens (tertiary/aromatic N) is 2. The van der Waals surface area contributed by atoms with Crippen molar-refractivity contribution in [3.8, 4) is 10.6 Å². The molecule has 0 N–H and O–H groups in total. The number of thiazole rings is 1. The molecule has 3 heterocycles. The lowest BCUT2D eigenvalue weighted by Crippen LogP contribution is -2.45. The van der Waals surface area contributed by atoms with Gasteiger partial charge in [0.1, 0.15) is 18.2 Å². The average molecular weight is 398 g/mol. The summed E-state index contributed by atoms with van der Waals surface area (Å²) in [6.45, 7) is -0.389. The lowest BCUT2D eigenvalue weighted by atomic mass is 9.98. The molecule has 0 unspecified atom stereocenters. The Morgan fingerprint density at radius 2 is 2.04 bits per heavy atom. The maximum absolute atomic E-state index is 12.5. The van der Waals surface area contributed by atoms with Crippen molar-refractivity contribution < 1.29 is 19.1 Å². The number of aromatic nitrogens is 1. The van der Waals surface area contributed by atoms with Crippen LogP contribution in [-0.2, 0) is 27.4 Å². The summed E-state index contributed by atoms with van der Waals surface area (Å²) in [6.07, 6.45) is 0.102. The van der Waals surface area contributed by atoms with Gasteiger partial charge in [0.25, 0.3) is 5.91 Å². The Balaban J connectivity index is 1.37. The molecule has 2 aromatic heterocycles. The Bertz CT molecular complexity index is 1010. The number of carbonyl (C=O) groups is 3. The van der Waals surface area contributed by atoms with Crippen molar-refractivity contribution in [1.82, 2.24) is 9.88 Å². The summed E-state index contributed by atoms with van der Waals surface area (Å²) in [5, 5.41) is 6.66. The summed E-state index contributed by atoms with van der Waals surface area (Å²) in [5.41, 5.74) is 2.80. The highest BCUT2D eigenvalue weighted by atomic mass is 32.1. The van der Waals surface area contributed by atoms with Gasteiger partial charge < -0.3 is 4.74 Å². The number of imide groups is 1. The van der Waals surface area contributed by atoms with E-state index in [0.29, 0.717) is 16.8 Å². The molecule has 0 saturated heterocycles. The van der Waals surface area contributed by atoms with E-state index in [1.807, 2.05) is 22.2 Å². The summed E-state index contributed by atoms with van der Waals surface area (Å²) in [7, 11) is 0. The van der Waals surface area contributed by atoms with Crippen LogP contribution in [0.5, 0.6) is 0 Å². The molecule has 3 aromatic rings. The number of fused-ring (bicyclic) bond motifs is 1. The first kappa shape index (κ1) is 17.6. The number of ether oxygens (including phenoxy) is 1. The number of amides is 2. The topological polar surface area (TPSA) is 76.6 Å². The number of hydrogen-bond donors (Lipinski definition) is 0. The van der Waals surface area contributed by atoms with Gasteiger partial charge in [-0.3, -0.25) is 19.3 Å². The van der Waals surface area contributed by atoms with Crippen LogP contribution in [0, 0.1) is 0 Å². The molecule has 1 aliphatic heterocycles. The lowest BCUT2D eigenvalue weighted by molar-refractivity contribution is -0.149. The molecule has 0 bridgehead atoms. The first-order valence-corrected chi connectivity index (χ1v) is 9.99. The highest BCUT2D eigenvalue weighted by Gasteiger charge is 2.32. The highest BCUT2D eigenvalue weighted by Crippen LogP contribution is 2.26. The van der Waals surface area contributed by atoms with Gasteiger partial charge in [-0.25, -0.2) is 4.98 Å². The first-order chi connectivity index (χ1) is 13.1. The van der Waals surface area contributed by atoms with Gasteiger partial charge in [-0.05, 0) is 23.1 Å². The second-order valence-electron chi connectivity index (χ2n) is 5.94. The molecule has 4 rings (SSSR count). The average Bonchev–Trinajstić information content (AvgIpc) is 3.35. The van der Waals surface area contributed by atoms with Crippen LogP contribution in [0.4, 0.5) is 0 Å². The van der Waals surface area contributed by atoms with E-state index >= 15 is 0 Å².